The summed E-state index contributed by atoms with van der Waals surface area (Å²) in [6.07, 6.45) is 0.00670. The van der Waals surface area contributed by atoms with Crippen LogP contribution < -0.4 is 4.74 Å². The number of amides is 1. The van der Waals surface area contributed by atoms with E-state index in [9.17, 15) is 4.79 Å². The summed E-state index contributed by atoms with van der Waals surface area (Å²) in [4.78, 5) is 13.9. The number of carbonyl (C=O) groups excluding carboxylic acids is 1. The van der Waals surface area contributed by atoms with E-state index in [0.717, 1.165) is 5.75 Å². The van der Waals surface area contributed by atoms with E-state index in [1.807, 2.05) is 38.1 Å². The normalized spacial score (nSPS) is 22.1. The van der Waals surface area contributed by atoms with E-state index in [4.69, 9.17) is 14.6 Å². The summed E-state index contributed by atoms with van der Waals surface area (Å²) in [5.74, 6) is 0.813. The molecule has 1 amide bonds. The average Bonchev–Trinajstić information content (AvgIpc) is 2.48. The van der Waals surface area contributed by atoms with Crippen LogP contribution in [0, 0.1) is 6.92 Å². The second-order valence-corrected chi connectivity index (χ2v) is 5.46. The van der Waals surface area contributed by atoms with E-state index in [1.165, 1.54) is 5.56 Å². The van der Waals surface area contributed by atoms with Gasteiger partial charge in [0.2, 0.25) is 5.91 Å². The first-order valence-corrected chi connectivity index (χ1v) is 7.32. The maximum absolute atomic E-state index is 12.2. The van der Waals surface area contributed by atoms with Gasteiger partial charge in [0, 0.05) is 13.1 Å². The molecule has 1 heterocycles. The molecule has 116 valence electrons. The van der Waals surface area contributed by atoms with Crippen LogP contribution in [0.1, 0.15) is 18.9 Å². The zero-order valence-corrected chi connectivity index (χ0v) is 12.6. The van der Waals surface area contributed by atoms with Gasteiger partial charge in [0.25, 0.3) is 0 Å². The van der Waals surface area contributed by atoms with E-state index in [-0.39, 0.29) is 24.7 Å². The molecule has 0 spiro atoms. The van der Waals surface area contributed by atoms with Crippen molar-refractivity contribution in [3.63, 3.8) is 0 Å². The van der Waals surface area contributed by atoms with E-state index >= 15 is 0 Å². The van der Waals surface area contributed by atoms with Gasteiger partial charge < -0.3 is 19.5 Å². The maximum atomic E-state index is 12.2. The molecule has 0 radical (unpaired) electrons. The Morgan fingerprint density at radius 2 is 2.10 bits per heavy atom. The van der Waals surface area contributed by atoms with E-state index in [0.29, 0.717) is 26.1 Å². The van der Waals surface area contributed by atoms with Crippen molar-refractivity contribution in [3.05, 3.63) is 29.8 Å². The molecule has 2 rings (SSSR count). The van der Waals surface area contributed by atoms with Crippen LogP contribution in [-0.4, -0.2) is 54.4 Å². The van der Waals surface area contributed by atoms with Crippen molar-refractivity contribution in [1.29, 1.82) is 0 Å². The molecule has 0 aromatic heterocycles. The number of aliphatic hydroxyl groups excluding tert-OH is 1. The lowest BCUT2D eigenvalue weighted by molar-refractivity contribution is -0.147. The van der Waals surface area contributed by atoms with Crippen LogP contribution >= 0.6 is 0 Å². The highest BCUT2D eigenvalue weighted by molar-refractivity contribution is 5.76. The lowest BCUT2D eigenvalue weighted by Gasteiger charge is -2.36. The Morgan fingerprint density at radius 1 is 1.38 bits per heavy atom. The smallest absolute Gasteiger partial charge is 0.226 e. The summed E-state index contributed by atoms with van der Waals surface area (Å²) in [5.41, 5.74) is 1.18. The van der Waals surface area contributed by atoms with Crippen LogP contribution in [0.4, 0.5) is 0 Å². The molecule has 0 saturated carbocycles. The summed E-state index contributed by atoms with van der Waals surface area (Å²) in [6.45, 7) is 5.24. The summed E-state index contributed by atoms with van der Waals surface area (Å²) >= 11 is 0. The summed E-state index contributed by atoms with van der Waals surface area (Å²) < 4.78 is 11.1. The molecule has 1 saturated heterocycles. The Kier molecular flexibility index (Phi) is 5.59. The number of hydrogen-bond acceptors (Lipinski definition) is 4. The van der Waals surface area contributed by atoms with Crippen molar-refractivity contribution in [1.82, 2.24) is 4.90 Å². The molecule has 1 aliphatic rings. The molecule has 1 fully saturated rings. The topological polar surface area (TPSA) is 59.0 Å². The monoisotopic (exact) mass is 293 g/mol. The van der Waals surface area contributed by atoms with Gasteiger partial charge in [0.05, 0.1) is 31.8 Å². The fraction of sp³-hybridized carbons (Fsp3) is 0.562. The molecule has 5 nitrogen and oxygen atoms in total. The minimum Gasteiger partial charge on any atom is -0.493 e. The van der Waals surface area contributed by atoms with Gasteiger partial charge in [0.15, 0.2) is 0 Å². The maximum Gasteiger partial charge on any atom is 0.226 e. The number of hydrogen-bond donors (Lipinski definition) is 1. The molecule has 21 heavy (non-hydrogen) atoms. The number of nitrogens with zero attached hydrogens (tertiary/aromatic N) is 1. The average molecular weight is 293 g/mol. The number of carbonyl (C=O) groups is 1. The highest BCUT2D eigenvalue weighted by Crippen LogP contribution is 2.14. The van der Waals surface area contributed by atoms with E-state index in [2.05, 4.69) is 0 Å². The van der Waals surface area contributed by atoms with Gasteiger partial charge in [-0.25, -0.2) is 0 Å². The number of morpholine rings is 1. The standard InChI is InChI=1S/C16H23NO4/c1-12-3-5-14(6-4-12)20-8-7-16(19)17-9-13(2)21-15(10-17)11-18/h3-6,13,15,18H,7-11H2,1-2H3. The minimum atomic E-state index is -0.282. The van der Waals surface area contributed by atoms with Gasteiger partial charge in [-0.1, -0.05) is 17.7 Å². The lowest BCUT2D eigenvalue weighted by Crippen LogP contribution is -2.50. The van der Waals surface area contributed by atoms with Gasteiger partial charge in [-0.2, -0.15) is 0 Å². The Bertz CT molecular complexity index is 460. The highest BCUT2D eigenvalue weighted by Gasteiger charge is 2.27. The van der Waals surface area contributed by atoms with Crippen LogP contribution in [0.25, 0.3) is 0 Å². The second-order valence-electron chi connectivity index (χ2n) is 5.46. The largest absolute Gasteiger partial charge is 0.493 e. The van der Waals surface area contributed by atoms with Crippen LogP contribution in [0.15, 0.2) is 24.3 Å². The van der Waals surface area contributed by atoms with Crippen LogP contribution in [0.5, 0.6) is 5.75 Å². The first kappa shape index (κ1) is 15.8. The summed E-state index contributed by atoms with van der Waals surface area (Å²) in [7, 11) is 0. The van der Waals surface area contributed by atoms with Crippen LogP contribution in [-0.2, 0) is 9.53 Å². The molecule has 2 atom stereocenters. The first-order chi connectivity index (χ1) is 10.1. The molecule has 0 bridgehead atoms. The number of aliphatic hydroxyl groups is 1. The van der Waals surface area contributed by atoms with E-state index < -0.39 is 0 Å². The van der Waals surface area contributed by atoms with Crippen molar-refractivity contribution < 1.29 is 19.4 Å². The Labute approximate surface area is 125 Å². The van der Waals surface area contributed by atoms with E-state index in [1.54, 1.807) is 4.90 Å². The molecular weight excluding hydrogens is 270 g/mol. The Hall–Kier alpha value is -1.59. The van der Waals surface area contributed by atoms with Gasteiger partial charge in [-0.15, -0.1) is 0 Å². The lowest BCUT2D eigenvalue weighted by atomic mass is 10.2. The quantitative estimate of drug-likeness (QED) is 0.891. The van der Waals surface area contributed by atoms with Crippen LogP contribution in [0.3, 0.4) is 0 Å². The third-order valence-electron chi connectivity index (χ3n) is 3.49. The minimum absolute atomic E-state index is 0.0377. The third kappa shape index (κ3) is 4.72. The predicted octanol–water partition coefficient (Wildman–Crippen LogP) is 1.37. The molecule has 5 heteroatoms. The number of rotatable bonds is 5. The summed E-state index contributed by atoms with van der Waals surface area (Å²) in [5, 5.41) is 9.17. The van der Waals surface area contributed by atoms with Crippen molar-refractivity contribution in [2.45, 2.75) is 32.5 Å². The van der Waals surface area contributed by atoms with Gasteiger partial charge in [0.1, 0.15) is 5.75 Å². The zero-order valence-electron chi connectivity index (χ0n) is 12.6. The SMILES string of the molecule is Cc1ccc(OCCC(=O)N2CC(C)OC(CO)C2)cc1. The molecule has 1 aromatic carbocycles. The number of aryl methyl sites for hydroxylation is 1. The van der Waals surface area contributed by atoms with Gasteiger partial charge in [-0.3, -0.25) is 4.79 Å². The zero-order chi connectivity index (χ0) is 15.2. The third-order valence-corrected chi connectivity index (χ3v) is 3.49. The van der Waals surface area contributed by atoms with Crippen molar-refractivity contribution >= 4 is 5.91 Å². The molecule has 1 aliphatic heterocycles. The Morgan fingerprint density at radius 3 is 2.76 bits per heavy atom. The first-order valence-electron chi connectivity index (χ1n) is 7.32. The number of ether oxygens (including phenoxy) is 2. The molecule has 1 aromatic rings. The second kappa shape index (κ2) is 7.43. The van der Waals surface area contributed by atoms with Crippen molar-refractivity contribution in [3.8, 4) is 5.75 Å². The molecular formula is C16H23NO4. The summed E-state index contributed by atoms with van der Waals surface area (Å²) in [6, 6.07) is 7.76. The fourth-order valence-corrected chi connectivity index (χ4v) is 2.40. The molecule has 0 aliphatic carbocycles. The fourth-order valence-electron chi connectivity index (χ4n) is 2.40. The number of benzene rings is 1. The molecule has 1 N–H and O–H groups in total. The van der Waals surface area contributed by atoms with Crippen molar-refractivity contribution in [2.75, 3.05) is 26.3 Å². The van der Waals surface area contributed by atoms with Gasteiger partial charge >= 0.3 is 0 Å². The molecule has 2 unspecified atom stereocenters. The van der Waals surface area contributed by atoms with Crippen molar-refractivity contribution in [2.24, 2.45) is 0 Å². The predicted molar refractivity (Wildman–Crippen MR) is 79.3 cm³/mol. The Balaban J connectivity index is 1.77. The van der Waals surface area contributed by atoms with Gasteiger partial charge in [-0.05, 0) is 26.0 Å². The highest BCUT2D eigenvalue weighted by atomic mass is 16.5. The van der Waals surface area contributed by atoms with Crippen LogP contribution in [0.2, 0.25) is 0 Å².